The van der Waals surface area contributed by atoms with Crippen LogP contribution in [0.15, 0.2) is 71.6 Å². The molecule has 0 radical (unpaired) electrons. The second-order valence-electron chi connectivity index (χ2n) is 7.97. The second kappa shape index (κ2) is 12.5. The summed E-state index contributed by atoms with van der Waals surface area (Å²) in [5.74, 6) is 0.957. The summed E-state index contributed by atoms with van der Waals surface area (Å²) in [5, 5.41) is 11.1. The Labute approximate surface area is 228 Å². The number of carbonyl (C=O) groups excluding carboxylic acids is 2. The number of benzene rings is 3. The number of imide groups is 1. The standard InChI is InChI=1S/C27H23ClN2O7S/c1-2-35-24-15-18(10-11-23(24)37-17-19-6-5-7-20(14-19)30(33)34)16-25-26(31)29(27(32)38-25)12-13-36-22-9-4-3-8-21(22)28/h3-11,14-16H,2,12-13,17H2,1H3/b25-16-. The minimum atomic E-state index is -0.461. The third kappa shape index (κ3) is 6.64. The van der Waals surface area contributed by atoms with Gasteiger partial charge in [-0.1, -0.05) is 41.9 Å². The van der Waals surface area contributed by atoms with Crippen molar-refractivity contribution >= 4 is 46.3 Å². The fourth-order valence-electron chi connectivity index (χ4n) is 3.58. The number of rotatable bonds is 11. The quantitative estimate of drug-likeness (QED) is 0.153. The molecule has 0 N–H and O–H groups in total. The highest BCUT2D eigenvalue weighted by atomic mass is 35.5. The second-order valence-corrected chi connectivity index (χ2v) is 9.37. The fourth-order valence-corrected chi connectivity index (χ4v) is 4.63. The van der Waals surface area contributed by atoms with Crippen molar-refractivity contribution in [3.8, 4) is 17.2 Å². The van der Waals surface area contributed by atoms with Crippen LogP contribution in [0.5, 0.6) is 17.2 Å². The first-order chi connectivity index (χ1) is 18.4. The van der Waals surface area contributed by atoms with E-state index >= 15 is 0 Å². The average Bonchev–Trinajstić information content (AvgIpc) is 3.17. The molecular weight excluding hydrogens is 532 g/mol. The van der Waals surface area contributed by atoms with Gasteiger partial charge in [-0.25, -0.2) is 0 Å². The van der Waals surface area contributed by atoms with Crippen LogP contribution >= 0.6 is 23.4 Å². The number of halogens is 1. The van der Waals surface area contributed by atoms with Gasteiger partial charge in [0.2, 0.25) is 0 Å². The monoisotopic (exact) mass is 554 g/mol. The lowest BCUT2D eigenvalue weighted by Gasteiger charge is -2.14. The molecule has 4 rings (SSSR count). The minimum Gasteiger partial charge on any atom is -0.490 e. The molecule has 1 heterocycles. The van der Waals surface area contributed by atoms with Crippen LogP contribution in [0.25, 0.3) is 6.08 Å². The number of nitrogens with zero attached hydrogens (tertiary/aromatic N) is 2. The largest absolute Gasteiger partial charge is 0.490 e. The summed E-state index contributed by atoms with van der Waals surface area (Å²) in [6.45, 7) is 2.50. The molecule has 3 aromatic rings. The van der Waals surface area contributed by atoms with Crippen LogP contribution in [-0.4, -0.2) is 40.7 Å². The molecule has 0 unspecified atom stereocenters. The van der Waals surface area contributed by atoms with E-state index in [1.807, 2.05) is 6.92 Å². The first kappa shape index (κ1) is 27.0. The van der Waals surface area contributed by atoms with E-state index in [9.17, 15) is 19.7 Å². The third-order valence-corrected chi connectivity index (χ3v) is 6.58. The van der Waals surface area contributed by atoms with E-state index in [-0.39, 0.29) is 35.6 Å². The number of hydrogen-bond acceptors (Lipinski definition) is 8. The molecule has 11 heteroatoms. The molecule has 9 nitrogen and oxygen atoms in total. The summed E-state index contributed by atoms with van der Waals surface area (Å²) in [4.78, 5) is 37.3. The lowest BCUT2D eigenvalue weighted by Crippen LogP contribution is -2.32. The summed E-state index contributed by atoms with van der Waals surface area (Å²) in [6.07, 6.45) is 1.62. The molecule has 1 fully saturated rings. The zero-order valence-corrected chi connectivity index (χ0v) is 21.9. The normalized spacial score (nSPS) is 14.2. The highest BCUT2D eigenvalue weighted by Gasteiger charge is 2.34. The molecule has 0 aliphatic carbocycles. The SMILES string of the molecule is CCOc1cc(/C=C2\SC(=O)N(CCOc3ccccc3Cl)C2=O)ccc1OCc1cccc([N+](=O)[O-])c1. The van der Waals surface area contributed by atoms with E-state index in [0.717, 1.165) is 16.7 Å². The number of para-hydroxylation sites is 1. The zero-order chi connectivity index (χ0) is 27.1. The van der Waals surface area contributed by atoms with Crippen molar-refractivity contribution in [2.75, 3.05) is 19.8 Å². The van der Waals surface area contributed by atoms with E-state index in [4.69, 9.17) is 25.8 Å². The van der Waals surface area contributed by atoms with E-state index in [1.54, 1.807) is 60.7 Å². The lowest BCUT2D eigenvalue weighted by molar-refractivity contribution is -0.384. The molecule has 38 heavy (non-hydrogen) atoms. The molecule has 0 saturated carbocycles. The average molecular weight is 555 g/mol. The lowest BCUT2D eigenvalue weighted by atomic mass is 10.1. The smallest absolute Gasteiger partial charge is 0.293 e. The summed E-state index contributed by atoms with van der Waals surface area (Å²) < 4.78 is 17.2. The highest BCUT2D eigenvalue weighted by molar-refractivity contribution is 8.18. The Hall–Kier alpha value is -4.02. The van der Waals surface area contributed by atoms with Crippen molar-refractivity contribution < 1.29 is 28.7 Å². The zero-order valence-electron chi connectivity index (χ0n) is 20.3. The van der Waals surface area contributed by atoms with Crippen LogP contribution in [0.2, 0.25) is 5.02 Å². The van der Waals surface area contributed by atoms with Crippen LogP contribution < -0.4 is 14.2 Å². The van der Waals surface area contributed by atoms with E-state index in [2.05, 4.69) is 0 Å². The molecule has 0 aromatic heterocycles. The minimum absolute atomic E-state index is 0.0177. The number of carbonyl (C=O) groups is 2. The molecular formula is C27H23ClN2O7S. The van der Waals surface area contributed by atoms with Crippen molar-refractivity contribution in [1.29, 1.82) is 0 Å². The van der Waals surface area contributed by atoms with Gasteiger partial charge in [-0.15, -0.1) is 0 Å². The number of nitro benzene ring substituents is 1. The van der Waals surface area contributed by atoms with Gasteiger partial charge in [0, 0.05) is 12.1 Å². The van der Waals surface area contributed by atoms with Gasteiger partial charge >= 0.3 is 0 Å². The van der Waals surface area contributed by atoms with Crippen molar-refractivity contribution in [3.05, 3.63) is 97.9 Å². The Morgan fingerprint density at radius 2 is 1.79 bits per heavy atom. The molecule has 196 valence electrons. The van der Waals surface area contributed by atoms with Gasteiger partial charge < -0.3 is 14.2 Å². The number of non-ortho nitro benzene ring substituents is 1. The van der Waals surface area contributed by atoms with Crippen LogP contribution in [0.3, 0.4) is 0 Å². The summed E-state index contributed by atoms with van der Waals surface area (Å²) in [7, 11) is 0. The third-order valence-electron chi connectivity index (χ3n) is 5.36. The van der Waals surface area contributed by atoms with Gasteiger partial charge in [0.25, 0.3) is 16.8 Å². The molecule has 0 bridgehead atoms. The van der Waals surface area contributed by atoms with E-state index in [0.29, 0.717) is 40.0 Å². The number of hydrogen-bond donors (Lipinski definition) is 0. The Morgan fingerprint density at radius 1 is 0.974 bits per heavy atom. The van der Waals surface area contributed by atoms with Crippen molar-refractivity contribution in [2.24, 2.45) is 0 Å². The topological polar surface area (TPSA) is 108 Å². The van der Waals surface area contributed by atoms with Crippen LogP contribution in [-0.2, 0) is 11.4 Å². The highest BCUT2D eigenvalue weighted by Crippen LogP contribution is 2.35. The molecule has 1 aliphatic heterocycles. The fraction of sp³-hybridized carbons (Fsp3) is 0.185. The number of amides is 2. The van der Waals surface area contributed by atoms with Crippen LogP contribution in [0.4, 0.5) is 10.5 Å². The maximum atomic E-state index is 12.9. The number of ether oxygens (including phenoxy) is 3. The number of nitro groups is 1. The molecule has 0 spiro atoms. The molecule has 3 aromatic carbocycles. The summed E-state index contributed by atoms with van der Waals surface area (Å²) in [6, 6.07) is 18.3. The Kier molecular flexibility index (Phi) is 8.88. The molecule has 1 aliphatic rings. The van der Waals surface area contributed by atoms with Gasteiger partial charge in [-0.3, -0.25) is 24.6 Å². The van der Waals surface area contributed by atoms with Gasteiger partial charge in [0.1, 0.15) is 19.0 Å². The van der Waals surface area contributed by atoms with Crippen molar-refractivity contribution in [1.82, 2.24) is 4.90 Å². The first-order valence-electron chi connectivity index (χ1n) is 11.6. The molecule has 0 atom stereocenters. The number of thioether (sulfide) groups is 1. The van der Waals surface area contributed by atoms with Gasteiger partial charge in [0.05, 0.1) is 28.0 Å². The van der Waals surface area contributed by atoms with Crippen LogP contribution in [0, 0.1) is 10.1 Å². The van der Waals surface area contributed by atoms with Gasteiger partial charge in [-0.05, 0) is 60.2 Å². The van der Waals surface area contributed by atoms with Crippen molar-refractivity contribution in [3.63, 3.8) is 0 Å². The summed E-state index contributed by atoms with van der Waals surface area (Å²) in [5.41, 5.74) is 1.27. The maximum Gasteiger partial charge on any atom is 0.293 e. The Morgan fingerprint density at radius 3 is 2.55 bits per heavy atom. The predicted molar refractivity (Wildman–Crippen MR) is 145 cm³/mol. The maximum absolute atomic E-state index is 12.9. The predicted octanol–water partition coefficient (Wildman–Crippen LogP) is 6.34. The van der Waals surface area contributed by atoms with Crippen LogP contribution in [0.1, 0.15) is 18.1 Å². The van der Waals surface area contributed by atoms with Crippen molar-refractivity contribution in [2.45, 2.75) is 13.5 Å². The summed E-state index contributed by atoms with van der Waals surface area (Å²) >= 11 is 6.93. The Bertz CT molecular complexity index is 1400. The van der Waals surface area contributed by atoms with Gasteiger partial charge in [-0.2, -0.15) is 0 Å². The first-order valence-corrected chi connectivity index (χ1v) is 12.8. The molecule has 2 amide bonds. The molecule has 1 saturated heterocycles. The Balaban J connectivity index is 1.43. The van der Waals surface area contributed by atoms with E-state index in [1.165, 1.54) is 12.1 Å². The van der Waals surface area contributed by atoms with Gasteiger partial charge in [0.15, 0.2) is 11.5 Å². The van der Waals surface area contributed by atoms with E-state index < -0.39 is 10.8 Å².